The Morgan fingerprint density at radius 2 is 2.05 bits per heavy atom. The van der Waals surface area contributed by atoms with Crippen LogP contribution in [0.4, 0.5) is 5.69 Å². The van der Waals surface area contributed by atoms with Crippen molar-refractivity contribution in [2.45, 2.75) is 44.7 Å². The SMILES string of the molecule is C[C@@H]1CCCCN1C(=O)c1ccc(N[C@H]2CCSC2)cc1. The van der Waals surface area contributed by atoms with E-state index in [-0.39, 0.29) is 5.91 Å². The molecule has 1 N–H and O–H groups in total. The predicted molar refractivity (Wildman–Crippen MR) is 90.1 cm³/mol. The molecule has 2 saturated heterocycles. The summed E-state index contributed by atoms with van der Waals surface area (Å²) >= 11 is 2.01. The minimum absolute atomic E-state index is 0.185. The lowest BCUT2D eigenvalue weighted by Crippen LogP contribution is -2.42. The number of nitrogens with zero attached hydrogens (tertiary/aromatic N) is 1. The van der Waals surface area contributed by atoms with Crippen LogP contribution in [-0.2, 0) is 0 Å². The number of nitrogens with one attached hydrogen (secondary N) is 1. The summed E-state index contributed by atoms with van der Waals surface area (Å²) in [6.07, 6.45) is 4.74. The number of hydrogen-bond donors (Lipinski definition) is 1. The van der Waals surface area contributed by atoms with Gasteiger partial charge >= 0.3 is 0 Å². The molecule has 1 aromatic carbocycles. The van der Waals surface area contributed by atoms with Gasteiger partial charge in [-0.2, -0.15) is 11.8 Å². The lowest BCUT2D eigenvalue weighted by molar-refractivity contribution is 0.0635. The van der Waals surface area contributed by atoms with Crippen LogP contribution in [0.2, 0.25) is 0 Å². The first-order valence-corrected chi connectivity index (χ1v) is 9.15. The van der Waals surface area contributed by atoms with E-state index in [1.54, 1.807) is 0 Å². The molecule has 0 radical (unpaired) electrons. The highest BCUT2D eigenvalue weighted by Gasteiger charge is 2.24. The Balaban J connectivity index is 1.64. The molecule has 4 heteroatoms. The highest BCUT2D eigenvalue weighted by molar-refractivity contribution is 7.99. The number of likely N-dealkylation sites (tertiary alicyclic amines) is 1. The van der Waals surface area contributed by atoms with E-state index in [0.717, 1.165) is 30.6 Å². The third kappa shape index (κ3) is 3.54. The number of anilines is 1. The number of hydrogen-bond acceptors (Lipinski definition) is 3. The second-order valence-corrected chi connectivity index (χ2v) is 7.28. The van der Waals surface area contributed by atoms with Crippen molar-refractivity contribution < 1.29 is 4.79 Å². The van der Waals surface area contributed by atoms with E-state index in [1.165, 1.54) is 24.3 Å². The van der Waals surface area contributed by atoms with Crippen molar-refractivity contribution in [2.75, 3.05) is 23.4 Å². The summed E-state index contributed by atoms with van der Waals surface area (Å²) in [4.78, 5) is 14.6. The molecule has 2 fully saturated rings. The lowest BCUT2D eigenvalue weighted by atomic mass is 10.0. The van der Waals surface area contributed by atoms with Gasteiger partial charge in [-0.3, -0.25) is 4.79 Å². The summed E-state index contributed by atoms with van der Waals surface area (Å²) in [6, 6.07) is 8.98. The number of thioether (sulfide) groups is 1. The molecule has 114 valence electrons. The summed E-state index contributed by atoms with van der Waals surface area (Å²) in [5.41, 5.74) is 1.95. The number of carbonyl (C=O) groups is 1. The Labute approximate surface area is 131 Å². The molecule has 0 spiro atoms. The van der Waals surface area contributed by atoms with Crippen LogP contribution in [0.25, 0.3) is 0 Å². The normalized spacial score (nSPS) is 25.9. The smallest absolute Gasteiger partial charge is 0.254 e. The van der Waals surface area contributed by atoms with Crippen LogP contribution in [-0.4, -0.2) is 40.9 Å². The van der Waals surface area contributed by atoms with E-state index < -0.39 is 0 Å². The van der Waals surface area contributed by atoms with Crippen molar-refractivity contribution in [2.24, 2.45) is 0 Å². The number of rotatable bonds is 3. The summed E-state index contributed by atoms with van der Waals surface area (Å²) in [6.45, 7) is 3.06. The van der Waals surface area contributed by atoms with Crippen molar-refractivity contribution in [3.8, 4) is 0 Å². The molecule has 3 rings (SSSR count). The van der Waals surface area contributed by atoms with Gasteiger partial charge in [0.05, 0.1) is 0 Å². The van der Waals surface area contributed by atoms with E-state index in [0.29, 0.717) is 12.1 Å². The third-order valence-corrected chi connectivity index (χ3v) is 5.66. The molecule has 0 aromatic heterocycles. The molecule has 21 heavy (non-hydrogen) atoms. The first-order valence-electron chi connectivity index (χ1n) is 7.99. The summed E-state index contributed by atoms with van der Waals surface area (Å²) in [7, 11) is 0. The predicted octanol–water partition coefficient (Wildman–Crippen LogP) is 3.62. The first kappa shape index (κ1) is 14.8. The standard InChI is InChI=1S/C17H24N2OS/c1-13-4-2-3-10-19(13)17(20)14-5-7-15(8-6-14)18-16-9-11-21-12-16/h5-8,13,16,18H,2-4,9-12H2,1H3/t13-,16+/m1/s1. The summed E-state index contributed by atoms with van der Waals surface area (Å²) in [5.74, 6) is 2.62. The van der Waals surface area contributed by atoms with Gasteiger partial charge in [-0.15, -0.1) is 0 Å². The maximum absolute atomic E-state index is 12.6. The van der Waals surface area contributed by atoms with Gasteiger partial charge in [0.2, 0.25) is 0 Å². The van der Waals surface area contributed by atoms with Gasteiger partial charge in [-0.05, 0) is 62.6 Å². The molecule has 1 amide bonds. The van der Waals surface area contributed by atoms with Crippen LogP contribution >= 0.6 is 11.8 Å². The highest BCUT2D eigenvalue weighted by Crippen LogP contribution is 2.23. The zero-order valence-electron chi connectivity index (χ0n) is 12.7. The first-order chi connectivity index (χ1) is 10.2. The highest BCUT2D eigenvalue weighted by atomic mass is 32.2. The molecular formula is C17H24N2OS. The van der Waals surface area contributed by atoms with Crippen molar-refractivity contribution in [3.63, 3.8) is 0 Å². The fraction of sp³-hybridized carbons (Fsp3) is 0.588. The molecule has 2 aliphatic heterocycles. The summed E-state index contributed by atoms with van der Waals surface area (Å²) in [5, 5.41) is 3.55. The van der Waals surface area contributed by atoms with Crippen LogP contribution in [0, 0.1) is 0 Å². The minimum atomic E-state index is 0.185. The Morgan fingerprint density at radius 1 is 1.24 bits per heavy atom. The maximum atomic E-state index is 12.6. The number of amides is 1. The van der Waals surface area contributed by atoms with Gasteiger partial charge in [0, 0.05) is 35.6 Å². The topological polar surface area (TPSA) is 32.3 Å². The van der Waals surface area contributed by atoms with Gasteiger partial charge in [-0.1, -0.05) is 0 Å². The van der Waals surface area contributed by atoms with Gasteiger partial charge in [-0.25, -0.2) is 0 Å². The molecule has 1 aromatic rings. The monoisotopic (exact) mass is 304 g/mol. The Hall–Kier alpha value is -1.16. The van der Waals surface area contributed by atoms with E-state index >= 15 is 0 Å². The largest absolute Gasteiger partial charge is 0.381 e. The molecule has 3 nitrogen and oxygen atoms in total. The van der Waals surface area contributed by atoms with Crippen molar-refractivity contribution >= 4 is 23.4 Å². The van der Waals surface area contributed by atoms with Crippen molar-refractivity contribution in [3.05, 3.63) is 29.8 Å². The lowest BCUT2D eigenvalue weighted by Gasteiger charge is -2.33. The molecule has 0 unspecified atom stereocenters. The average Bonchev–Trinajstić information content (AvgIpc) is 3.01. The van der Waals surface area contributed by atoms with Gasteiger partial charge in [0.25, 0.3) is 5.91 Å². The van der Waals surface area contributed by atoms with Gasteiger partial charge in [0.15, 0.2) is 0 Å². The van der Waals surface area contributed by atoms with Crippen molar-refractivity contribution in [1.82, 2.24) is 4.90 Å². The second kappa shape index (κ2) is 6.73. The number of carbonyl (C=O) groups excluding carboxylic acids is 1. The number of benzene rings is 1. The molecule has 0 aliphatic carbocycles. The zero-order valence-corrected chi connectivity index (χ0v) is 13.5. The molecule has 2 aliphatic rings. The quantitative estimate of drug-likeness (QED) is 0.925. The molecule has 2 atom stereocenters. The van der Waals surface area contributed by atoms with Crippen LogP contribution < -0.4 is 5.32 Å². The Kier molecular flexibility index (Phi) is 4.73. The van der Waals surface area contributed by atoms with Gasteiger partial charge in [0.1, 0.15) is 0 Å². The van der Waals surface area contributed by atoms with Crippen LogP contribution in [0.3, 0.4) is 0 Å². The van der Waals surface area contributed by atoms with Gasteiger partial charge < -0.3 is 10.2 Å². The molecule has 0 saturated carbocycles. The summed E-state index contributed by atoms with van der Waals surface area (Å²) < 4.78 is 0. The molecular weight excluding hydrogens is 280 g/mol. The Morgan fingerprint density at radius 3 is 2.71 bits per heavy atom. The molecule has 0 bridgehead atoms. The van der Waals surface area contributed by atoms with E-state index in [4.69, 9.17) is 0 Å². The van der Waals surface area contributed by atoms with Crippen molar-refractivity contribution in [1.29, 1.82) is 0 Å². The third-order valence-electron chi connectivity index (χ3n) is 4.50. The van der Waals surface area contributed by atoms with Crippen LogP contribution in [0.5, 0.6) is 0 Å². The maximum Gasteiger partial charge on any atom is 0.254 e. The fourth-order valence-electron chi connectivity index (χ4n) is 3.16. The average molecular weight is 304 g/mol. The van der Waals surface area contributed by atoms with E-state index in [9.17, 15) is 4.79 Å². The fourth-order valence-corrected chi connectivity index (χ4v) is 4.31. The minimum Gasteiger partial charge on any atom is -0.381 e. The zero-order chi connectivity index (χ0) is 14.7. The Bertz CT molecular complexity index is 482. The second-order valence-electron chi connectivity index (χ2n) is 6.13. The van der Waals surface area contributed by atoms with E-state index in [1.807, 2.05) is 40.9 Å². The van der Waals surface area contributed by atoms with E-state index in [2.05, 4.69) is 12.2 Å². The van der Waals surface area contributed by atoms with Crippen LogP contribution in [0.1, 0.15) is 43.0 Å². The molecule has 2 heterocycles. The van der Waals surface area contributed by atoms with Crippen LogP contribution in [0.15, 0.2) is 24.3 Å². The number of piperidine rings is 1.